The lowest BCUT2D eigenvalue weighted by atomic mass is 9.47. The van der Waals surface area contributed by atoms with Gasteiger partial charge < -0.3 is 9.84 Å². The summed E-state index contributed by atoms with van der Waals surface area (Å²) in [5.74, 6) is 0.770. The van der Waals surface area contributed by atoms with Crippen LogP contribution >= 0.6 is 0 Å². The first-order valence-corrected chi connectivity index (χ1v) is 13.3. The molecule has 0 saturated heterocycles. The standard InChI is InChI=1S/C28H34N4O3/c1-26-14-18-15-31-32(24-16-29-11-12-30-24)23(18)13-19(26)5-6-20-21(26)7-9-27(2)22(20)8-10-28(27,34)35-25(33)17-3-4-17/h11-13,15-17,20-22,34H,3-10,14H2,1-2H3. The molecular formula is C28H34N4O3. The summed E-state index contributed by atoms with van der Waals surface area (Å²) in [5.41, 5.74) is 3.68. The minimum Gasteiger partial charge on any atom is -0.432 e. The molecule has 6 unspecified atom stereocenters. The highest BCUT2D eigenvalue weighted by molar-refractivity contribution is 5.75. The van der Waals surface area contributed by atoms with Crippen molar-refractivity contribution in [1.29, 1.82) is 0 Å². The minimum absolute atomic E-state index is 0.0125. The number of hydrogen-bond acceptors (Lipinski definition) is 6. The summed E-state index contributed by atoms with van der Waals surface area (Å²) in [4.78, 5) is 21.2. The third-order valence-electron chi connectivity index (χ3n) is 10.5. The molecule has 0 amide bonds. The Balaban J connectivity index is 1.18. The summed E-state index contributed by atoms with van der Waals surface area (Å²) in [6.45, 7) is 4.65. The Labute approximate surface area is 206 Å². The van der Waals surface area contributed by atoms with Gasteiger partial charge in [-0.05, 0) is 86.2 Å². The first-order valence-electron chi connectivity index (χ1n) is 13.3. The van der Waals surface area contributed by atoms with Crippen molar-refractivity contribution < 1.29 is 14.6 Å². The third-order valence-corrected chi connectivity index (χ3v) is 10.5. The van der Waals surface area contributed by atoms with Crippen LogP contribution in [0.3, 0.4) is 0 Å². The van der Waals surface area contributed by atoms with Gasteiger partial charge in [-0.2, -0.15) is 5.10 Å². The molecule has 35 heavy (non-hydrogen) atoms. The van der Waals surface area contributed by atoms with E-state index in [0.717, 1.165) is 62.9 Å². The Morgan fingerprint density at radius 3 is 2.69 bits per heavy atom. The van der Waals surface area contributed by atoms with Crippen LogP contribution in [0.1, 0.15) is 76.5 Å². The molecule has 184 valence electrons. The van der Waals surface area contributed by atoms with Gasteiger partial charge in [-0.15, -0.1) is 0 Å². The molecule has 0 bridgehead atoms. The van der Waals surface area contributed by atoms with Gasteiger partial charge in [-0.3, -0.25) is 9.78 Å². The van der Waals surface area contributed by atoms with Crippen molar-refractivity contribution >= 4 is 12.0 Å². The Hall–Kier alpha value is -2.54. The quantitative estimate of drug-likeness (QED) is 0.521. The molecule has 7 heteroatoms. The predicted molar refractivity (Wildman–Crippen MR) is 129 cm³/mol. The van der Waals surface area contributed by atoms with Crippen LogP contribution in [0.4, 0.5) is 0 Å². The Kier molecular flexibility index (Phi) is 4.50. The van der Waals surface area contributed by atoms with Crippen molar-refractivity contribution in [2.45, 2.75) is 77.4 Å². The normalized spacial score (nSPS) is 39.6. The highest BCUT2D eigenvalue weighted by Gasteiger charge is 2.66. The van der Waals surface area contributed by atoms with E-state index in [0.29, 0.717) is 24.2 Å². The molecule has 6 atom stereocenters. The van der Waals surface area contributed by atoms with Gasteiger partial charge in [0, 0.05) is 24.2 Å². The summed E-state index contributed by atoms with van der Waals surface area (Å²) in [6, 6.07) is 0. The van der Waals surface area contributed by atoms with Crippen molar-refractivity contribution in [3.8, 4) is 5.82 Å². The van der Waals surface area contributed by atoms with E-state index in [4.69, 9.17) is 4.74 Å². The van der Waals surface area contributed by atoms with Gasteiger partial charge in [-0.1, -0.05) is 19.4 Å². The first kappa shape index (κ1) is 21.7. The average Bonchev–Trinajstić information content (AvgIpc) is 3.57. The summed E-state index contributed by atoms with van der Waals surface area (Å²) >= 11 is 0. The van der Waals surface area contributed by atoms with E-state index in [1.54, 1.807) is 18.6 Å². The molecule has 2 heterocycles. The predicted octanol–water partition coefficient (Wildman–Crippen LogP) is 4.49. The number of aromatic nitrogens is 4. The smallest absolute Gasteiger partial charge is 0.311 e. The van der Waals surface area contributed by atoms with Crippen LogP contribution in [0.25, 0.3) is 11.9 Å². The number of rotatable bonds is 3. The van der Waals surface area contributed by atoms with E-state index in [1.165, 1.54) is 11.1 Å². The van der Waals surface area contributed by atoms with E-state index >= 15 is 0 Å². The van der Waals surface area contributed by atoms with Crippen molar-refractivity contribution in [2.24, 2.45) is 34.5 Å². The van der Waals surface area contributed by atoms with E-state index in [-0.39, 0.29) is 22.7 Å². The SMILES string of the molecule is CC12Cc3cnn(-c4cnccn4)c3C=C1CCC1C2CCC2(C)C1CCC2(O)OC(=O)C1CC1. The van der Waals surface area contributed by atoms with Crippen LogP contribution in [0.15, 0.2) is 30.4 Å². The number of fused-ring (bicyclic) bond motifs is 6. The van der Waals surface area contributed by atoms with Crippen molar-refractivity contribution in [1.82, 2.24) is 19.7 Å². The van der Waals surface area contributed by atoms with Gasteiger partial charge in [0.15, 0.2) is 5.82 Å². The Bertz CT molecular complexity index is 1220. The topological polar surface area (TPSA) is 90.1 Å². The molecule has 0 radical (unpaired) electrons. The zero-order valence-electron chi connectivity index (χ0n) is 20.6. The van der Waals surface area contributed by atoms with Crippen LogP contribution in [-0.2, 0) is 16.0 Å². The van der Waals surface area contributed by atoms with E-state index < -0.39 is 5.79 Å². The molecule has 0 aromatic carbocycles. The fourth-order valence-electron chi connectivity index (χ4n) is 8.35. The number of hydrogen-bond donors (Lipinski definition) is 1. The second-order valence-electron chi connectivity index (χ2n) is 12.2. The van der Waals surface area contributed by atoms with Gasteiger partial charge in [0.05, 0.1) is 24.0 Å². The van der Waals surface area contributed by atoms with Crippen LogP contribution < -0.4 is 0 Å². The highest BCUT2D eigenvalue weighted by Crippen LogP contribution is 2.67. The fraction of sp³-hybridized carbons (Fsp3) is 0.643. The van der Waals surface area contributed by atoms with Gasteiger partial charge >= 0.3 is 5.97 Å². The second kappa shape index (κ2) is 7.25. The maximum atomic E-state index is 12.5. The zero-order valence-corrected chi connectivity index (χ0v) is 20.6. The second-order valence-corrected chi connectivity index (χ2v) is 12.2. The first-order chi connectivity index (χ1) is 16.8. The summed E-state index contributed by atoms with van der Waals surface area (Å²) in [7, 11) is 0. The number of carbonyl (C=O) groups excluding carboxylic acids is 1. The molecule has 5 aliphatic rings. The third kappa shape index (κ3) is 3.00. The maximum absolute atomic E-state index is 12.5. The van der Waals surface area contributed by atoms with Crippen molar-refractivity contribution in [3.05, 3.63) is 41.6 Å². The van der Waals surface area contributed by atoms with Crippen LogP contribution in [0, 0.1) is 34.5 Å². The molecule has 4 fully saturated rings. The maximum Gasteiger partial charge on any atom is 0.311 e. The fourth-order valence-corrected chi connectivity index (χ4v) is 8.35. The number of carbonyl (C=O) groups is 1. The molecule has 1 N–H and O–H groups in total. The van der Waals surface area contributed by atoms with E-state index in [9.17, 15) is 9.90 Å². The van der Waals surface area contributed by atoms with E-state index in [1.807, 2.05) is 10.9 Å². The van der Waals surface area contributed by atoms with Crippen LogP contribution in [-0.4, -0.2) is 36.6 Å². The Morgan fingerprint density at radius 1 is 1.09 bits per heavy atom. The van der Waals surface area contributed by atoms with Crippen LogP contribution in [0.2, 0.25) is 0 Å². The number of nitrogens with zero attached hydrogens (tertiary/aromatic N) is 4. The average molecular weight is 475 g/mol. The zero-order chi connectivity index (χ0) is 24.0. The number of aliphatic hydroxyl groups is 1. The van der Waals surface area contributed by atoms with Gasteiger partial charge in [0.25, 0.3) is 0 Å². The Morgan fingerprint density at radius 2 is 1.91 bits per heavy atom. The van der Waals surface area contributed by atoms with Gasteiger partial charge in [0.1, 0.15) is 0 Å². The molecule has 7 nitrogen and oxygen atoms in total. The van der Waals surface area contributed by atoms with E-state index in [2.05, 4.69) is 35.0 Å². The molecule has 2 aromatic rings. The summed E-state index contributed by atoms with van der Waals surface area (Å²) < 4.78 is 7.80. The molecule has 2 aromatic heterocycles. The molecular weight excluding hydrogens is 440 g/mol. The van der Waals surface area contributed by atoms with Crippen molar-refractivity contribution in [3.63, 3.8) is 0 Å². The monoisotopic (exact) mass is 474 g/mol. The lowest BCUT2D eigenvalue weighted by Crippen LogP contribution is -2.56. The molecule has 5 aliphatic carbocycles. The lowest BCUT2D eigenvalue weighted by Gasteiger charge is -2.58. The number of esters is 1. The largest absolute Gasteiger partial charge is 0.432 e. The molecule has 0 aliphatic heterocycles. The molecule has 7 rings (SSSR count). The lowest BCUT2D eigenvalue weighted by molar-refractivity contribution is -0.265. The minimum atomic E-state index is -1.31. The molecule has 0 spiro atoms. The number of allylic oxidation sites excluding steroid dienone is 1. The highest BCUT2D eigenvalue weighted by atomic mass is 16.7. The van der Waals surface area contributed by atoms with Gasteiger partial charge in [-0.25, -0.2) is 9.67 Å². The summed E-state index contributed by atoms with van der Waals surface area (Å²) in [6.07, 6.45) is 18.0. The number of ether oxygens (including phenoxy) is 1. The van der Waals surface area contributed by atoms with Crippen LogP contribution in [0.5, 0.6) is 0 Å². The van der Waals surface area contributed by atoms with Gasteiger partial charge in [0.2, 0.25) is 5.79 Å². The summed E-state index contributed by atoms with van der Waals surface area (Å²) in [5, 5.41) is 16.3. The van der Waals surface area contributed by atoms with Crippen molar-refractivity contribution in [2.75, 3.05) is 0 Å². The molecule has 4 saturated carbocycles.